The van der Waals surface area contributed by atoms with E-state index >= 15 is 0 Å². The molecule has 0 radical (unpaired) electrons. The third-order valence-corrected chi connectivity index (χ3v) is 3.59. The summed E-state index contributed by atoms with van der Waals surface area (Å²) in [4.78, 5) is 16.3. The maximum absolute atomic E-state index is 10.7. The Morgan fingerprint density at radius 2 is 2.30 bits per heavy atom. The topological polar surface area (TPSA) is 95.1 Å². The summed E-state index contributed by atoms with van der Waals surface area (Å²) in [5.41, 5.74) is 0.127. The second-order valence-electron chi connectivity index (χ2n) is 4.92. The van der Waals surface area contributed by atoms with Crippen molar-refractivity contribution in [3.63, 3.8) is 0 Å². The number of anilines is 1. The van der Waals surface area contributed by atoms with Crippen molar-refractivity contribution in [2.45, 2.75) is 12.8 Å². The zero-order valence-corrected chi connectivity index (χ0v) is 11.4. The van der Waals surface area contributed by atoms with Crippen LogP contribution in [0.4, 0.5) is 11.5 Å². The van der Waals surface area contributed by atoms with E-state index in [2.05, 4.69) is 10.3 Å². The van der Waals surface area contributed by atoms with E-state index in [1.54, 1.807) is 0 Å². The largest absolute Gasteiger partial charge is 0.355 e. The van der Waals surface area contributed by atoms with Crippen LogP contribution in [0.1, 0.15) is 18.4 Å². The molecule has 0 atom stereocenters. The van der Waals surface area contributed by atoms with Crippen LogP contribution in [0.5, 0.6) is 0 Å². The van der Waals surface area contributed by atoms with Gasteiger partial charge in [-0.25, -0.2) is 4.98 Å². The van der Waals surface area contributed by atoms with Crippen molar-refractivity contribution in [1.29, 1.82) is 5.26 Å². The van der Waals surface area contributed by atoms with Gasteiger partial charge in [0.2, 0.25) is 0 Å². The molecule has 1 aliphatic rings. The quantitative estimate of drug-likeness (QED) is 0.657. The summed E-state index contributed by atoms with van der Waals surface area (Å²) in [6.07, 6.45) is 3.28. The Bertz CT molecular complexity index is 532. The summed E-state index contributed by atoms with van der Waals surface area (Å²) in [6, 6.07) is 3.30. The maximum Gasteiger partial charge on any atom is 0.289 e. The fourth-order valence-corrected chi connectivity index (χ4v) is 2.52. The van der Waals surface area contributed by atoms with Crippen molar-refractivity contribution < 1.29 is 4.92 Å². The molecule has 1 aromatic heterocycles. The number of aromatic nitrogens is 1. The third-order valence-electron chi connectivity index (χ3n) is 3.59. The van der Waals surface area contributed by atoms with Gasteiger partial charge in [0.15, 0.2) is 0 Å². The van der Waals surface area contributed by atoms with Gasteiger partial charge in [-0.05, 0) is 32.4 Å². The summed E-state index contributed by atoms with van der Waals surface area (Å²) >= 11 is 0. The van der Waals surface area contributed by atoms with Gasteiger partial charge < -0.3 is 10.2 Å². The van der Waals surface area contributed by atoms with E-state index in [0.29, 0.717) is 11.7 Å². The molecule has 0 amide bonds. The lowest BCUT2D eigenvalue weighted by Gasteiger charge is -2.33. The smallest absolute Gasteiger partial charge is 0.289 e. The van der Waals surface area contributed by atoms with Gasteiger partial charge in [-0.3, -0.25) is 10.1 Å². The number of nitro groups is 1. The molecule has 1 saturated heterocycles. The zero-order chi connectivity index (χ0) is 14.5. The van der Waals surface area contributed by atoms with Gasteiger partial charge in [-0.2, -0.15) is 5.26 Å². The van der Waals surface area contributed by atoms with Gasteiger partial charge in [0.1, 0.15) is 23.6 Å². The molecule has 0 aromatic carbocycles. The normalized spacial score (nSPS) is 15.9. The average Bonchev–Trinajstić information content (AvgIpc) is 2.47. The molecular weight excluding hydrogens is 258 g/mol. The van der Waals surface area contributed by atoms with E-state index in [-0.39, 0.29) is 11.3 Å². The highest BCUT2D eigenvalue weighted by Crippen LogP contribution is 2.26. The molecule has 0 aliphatic carbocycles. The molecule has 1 aliphatic heterocycles. The van der Waals surface area contributed by atoms with Crippen LogP contribution < -0.4 is 10.2 Å². The summed E-state index contributed by atoms with van der Waals surface area (Å²) in [5.74, 6) is 1.20. The predicted molar refractivity (Wildman–Crippen MR) is 74.5 cm³/mol. The number of pyridine rings is 1. The van der Waals surface area contributed by atoms with Gasteiger partial charge in [-0.15, -0.1) is 0 Å². The van der Waals surface area contributed by atoms with Crippen LogP contribution in [-0.2, 0) is 0 Å². The number of rotatable bonds is 4. The van der Waals surface area contributed by atoms with Crippen LogP contribution in [0, 0.1) is 27.4 Å². The first kappa shape index (κ1) is 14.2. The van der Waals surface area contributed by atoms with E-state index in [9.17, 15) is 10.1 Å². The molecule has 1 N–H and O–H groups in total. The van der Waals surface area contributed by atoms with Gasteiger partial charge in [0.25, 0.3) is 5.69 Å². The summed E-state index contributed by atoms with van der Waals surface area (Å²) in [5, 5.41) is 23.0. The van der Waals surface area contributed by atoms with E-state index < -0.39 is 4.92 Å². The van der Waals surface area contributed by atoms with Crippen LogP contribution in [0.25, 0.3) is 0 Å². The highest BCUT2D eigenvalue weighted by atomic mass is 16.6. The number of hydrogen-bond acceptors (Lipinski definition) is 6. The third kappa shape index (κ3) is 3.03. The van der Waals surface area contributed by atoms with E-state index in [1.165, 1.54) is 12.3 Å². The van der Waals surface area contributed by atoms with Crippen molar-refractivity contribution in [3.05, 3.63) is 27.9 Å². The minimum atomic E-state index is -0.531. The van der Waals surface area contributed by atoms with E-state index in [0.717, 1.165) is 32.5 Å². The Labute approximate surface area is 117 Å². The number of nitrogens with one attached hydrogen (secondary N) is 1. The average molecular weight is 275 g/mol. The molecule has 20 heavy (non-hydrogen) atoms. The molecule has 2 heterocycles. The minimum absolute atomic E-state index is 0.143. The predicted octanol–water partition coefficient (Wildman–Crippen LogP) is 1.30. The van der Waals surface area contributed by atoms with Crippen molar-refractivity contribution >= 4 is 11.5 Å². The SMILES string of the molecule is CNCC1CCN(c2ncc([N+](=O)[O-])cc2C#N)CC1. The first-order valence-corrected chi connectivity index (χ1v) is 6.59. The molecule has 7 heteroatoms. The summed E-state index contributed by atoms with van der Waals surface area (Å²) < 4.78 is 0. The molecular formula is C13H17N5O2. The van der Waals surface area contributed by atoms with Gasteiger partial charge >= 0.3 is 0 Å². The van der Waals surface area contributed by atoms with E-state index in [1.807, 2.05) is 18.0 Å². The molecule has 0 spiro atoms. The lowest BCUT2D eigenvalue weighted by molar-refractivity contribution is -0.385. The van der Waals surface area contributed by atoms with Crippen LogP contribution in [-0.4, -0.2) is 36.6 Å². The highest BCUT2D eigenvalue weighted by Gasteiger charge is 2.23. The lowest BCUT2D eigenvalue weighted by atomic mass is 9.96. The van der Waals surface area contributed by atoms with Crippen LogP contribution in [0.3, 0.4) is 0 Å². The van der Waals surface area contributed by atoms with Crippen LogP contribution >= 0.6 is 0 Å². The molecule has 7 nitrogen and oxygen atoms in total. The second kappa shape index (κ2) is 6.30. The zero-order valence-electron chi connectivity index (χ0n) is 11.4. The van der Waals surface area contributed by atoms with Crippen molar-refractivity contribution in [2.24, 2.45) is 5.92 Å². The second-order valence-corrected chi connectivity index (χ2v) is 4.92. The Morgan fingerprint density at radius 1 is 1.60 bits per heavy atom. The fraction of sp³-hybridized carbons (Fsp3) is 0.538. The number of nitriles is 1. The Balaban J connectivity index is 2.14. The standard InChI is InChI=1S/C13H17N5O2/c1-15-8-10-2-4-17(5-3-10)13-11(7-14)6-12(9-16-13)18(19)20/h6,9-10,15H,2-5,8H2,1H3. The van der Waals surface area contributed by atoms with Crippen molar-refractivity contribution in [1.82, 2.24) is 10.3 Å². The maximum atomic E-state index is 10.7. The van der Waals surface area contributed by atoms with Gasteiger partial charge in [0, 0.05) is 19.2 Å². The number of hydrogen-bond donors (Lipinski definition) is 1. The first-order valence-electron chi connectivity index (χ1n) is 6.59. The molecule has 1 aromatic rings. The fourth-order valence-electron chi connectivity index (χ4n) is 2.52. The van der Waals surface area contributed by atoms with Gasteiger partial charge in [-0.1, -0.05) is 0 Å². The molecule has 106 valence electrons. The first-order chi connectivity index (χ1) is 9.65. The molecule has 0 saturated carbocycles. The van der Waals surface area contributed by atoms with Gasteiger partial charge in [0.05, 0.1) is 4.92 Å². The van der Waals surface area contributed by atoms with Crippen LogP contribution in [0.15, 0.2) is 12.3 Å². The number of nitrogens with zero attached hydrogens (tertiary/aromatic N) is 4. The summed E-state index contributed by atoms with van der Waals surface area (Å²) in [7, 11) is 1.94. The number of piperidine rings is 1. The monoisotopic (exact) mass is 275 g/mol. The summed E-state index contributed by atoms with van der Waals surface area (Å²) in [6.45, 7) is 2.64. The highest BCUT2D eigenvalue weighted by molar-refractivity contribution is 5.57. The lowest BCUT2D eigenvalue weighted by Crippen LogP contribution is -2.37. The molecule has 2 rings (SSSR count). The molecule has 1 fully saturated rings. The van der Waals surface area contributed by atoms with Crippen molar-refractivity contribution in [3.8, 4) is 6.07 Å². The van der Waals surface area contributed by atoms with Crippen LogP contribution in [0.2, 0.25) is 0 Å². The Hall–Kier alpha value is -2.20. The minimum Gasteiger partial charge on any atom is -0.355 e. The molecule has 0 bridgehead atoms. The van der Waals surface area contributed by atoms with E-state index in [4.69, 9.17) is 5.26 Å². The Kier molecular flexibility index (Phi) is 4.48. The molecule has 0 unspecified atom stereocenters. The Morgan fingerprint density at radius 3 is 2.85 bits per heavy atom. The van der Waals surface area contributed by atoms with Crippen molar-refractivity contribution in [2.75, 3.05) is 31.6 Å².